The molecule has 2 unspecified atom stereocenters. The first-order chi connectivity index (χ1) is 10.7. The Bertz CT molecular complexity index is 776. The lowest BCUT2D eigenvalue weighted by Crippen LogP contribution is -2.54. The number of nitrogens with zero attached hydrogens (tertiary/aromatic N) is 3. The lowest BCUT2D eigenvalue weighted by molar-refractivity contribution is -0.144. The summed E-state index contributed by atoms with van der Waals surface area (Å²) < 4.78 is 0. The van der Waals surface area contributed by atoms with Crippen molar-refractivity contribution in [1.29, 1.82) is 0 Å². The molecule has 2 saturated heterocycles. The lowest BCUT2D eigenvalue weighted by Gasteiger charge is -2.41. The molecule has 1 aromatic carbocycles. The van der Waals surface area contributed by atoms with Gasteiger partial charge >= 0.3 is 0 Å². The first-order valence-electron chi connectivity index (χ1n) is 7.46. The Hall–Kier alpha value is -2.08. The number of fused-ring (bicyclic) bond motifs is 6. The number of hydrazine groups is 1. The molecule has 2 fully saturated rings. The number of carbonyl (C=O) groups is 3. The van der Waals surface area contributed by atoms with Gasteiger partial charge in [-0.25, -0.2) is 5.01 Å². The second kappa shape index (κ2) is 4.26. The molecule has 0 saturated carbocycles. The number of likely N-dealkylation sites (tertiary alicyclic amines) is 1. The highest BCUT2D eigenvalue weighted by Crippen LogP contribution is 2.49. The largest absolute Gasteiger partial charge is 0.283 e. The maximum Gasteiger partial charge on any atom is 0.255 e. The molecule has 0 radical (unpaired) electrons. The Kier molecular flexibility index (Phi) is 2.69. The quantitative estimate of drug-likeness (QED) is 0.673. The highest BCUT2D eigenvalue weighted by Gasteiger charge is 2.61. The van der Waals surface area contributed by atoms with Crippen LogP contribution >= 0.6 is 11.6 Å². The average molecular weight is 334 g/mol. The van der Waals surface area contributed by atoms with Crippen LogP contribution in [0.25, 0.3) is 0 Å². The van der Waals surface area contributed by atoms with Crippen LogP contribution in [-0.2, 0) is 14.4 Å². The van der Waals surface area contributed by atoms with Gasteiger partial charge in [-0.05, 0) is 37.6 Å². The molecule has 0 aromatic heterocycles. The number of hydrogen-bond acceptors (Lipinski definition) is 4. The van der Waals surface area contributed by atoms with Gasteiger partial charge in [-0.15, -0.1) is 0 Å². The van der Waals surface area contributed by atoms with Gasteiger partial charge in [-0.3, -0.25) is 24.3 Å². The molecule has 4 rings (SSSR count). The first-order valence-corrected chi connectivity index (χ1v) is 7.84. The van der Waals surface area contributed by atoms with Crippen molar-refractivity contribution in [2.24, 2.45) is 5.41 Å². The van der Waals surface area contributed by atoms with E-state index in [2.05, 4.69) is 0 Å². The van der Waals surface area contributed by atoms with Gasteiger partial charge in [0.05, 0.1) is 23.6 Å². The van der Waals surface area contributed by atoms with E-state index in [9.17, 15) is 14.4 Å². The molecule has 120 valence electrons. The van der Waals surface area contributed by atoms with E-state index in [0.29, 0.717) is 17.1 Å². The molecule has 3 aliphatic heterocycles. The van der Waals surface area contributed by atoms with Crippen LogP contribution in [0.5, 0.6) is 0 Å². The zero-order valence-electron chi connectivity index (χ0n) is 13.0. The number of amides is 3. The van der Waals surface area contributed by atoms with Crippen molar-refractivity contribution in [1.82, 2.24) is 9.91 Å². The van der Waals surface area contributed by atoms with Gasteiger partial charge in [0.2, 0.25) is 11.8 Å². The molecule has 6 nitrogen and oxygen atoms in total. The molecular weight excluding hydrogens is 318 g/mol. The van der Waals surface area contributed by atoms with Crippen LogP contribution in [0.4, 0.5) is 5.69 Å². The van der Waals surface area contributed by atoms with Crippen molar-refractivity contribution in [3.8, 4) is 0 Å². The molecule has 1 aromatic rings. The molecule has 0 N–H and O–H groups in total. The smallest absolute Gasteiger partial charge is 0.255 e. The zero-order chi connectivity index (χ0) is 16.7. The van der Waals surface area contributed by atoms with Crippen molar-refractivity contribution >= 4 is 35.0 Å². The van der Waals surface area contributed by atoms with E-state index in [1.807, 2.05) is 24.9 Å². The molecule has 3 aliphatic rings. The predicted octanol–water partition coefficient (Wildman–Crippen LogP) is 1.39. The molecule has 0 aliphatic carbocycles. The maximum atomic E-state index is 12.8. The van der Waals surface area contributed by atoms with E-state index in [-0.39, 0.29) is 17.7 Å². The fourth-order valence-electron chi connectivity index (χ4n) is 3.77. The van der Waals surface area contributed by atoms with Gasteiger partial charge in [0.1, 0.15) is 6.04 Å². The Morgan fingerprint density at radius 2 is 1.87 bits per heavy atom. The Labute approximate surface area is 138 Å². The Balaban J connectivity index is 1.98. The number of imide groups is 1. The fraction of sp³-hybridized carbons (Fsp3) is 0.438. The second-order valence-electron chi connectivity index (χ2n) is 6.95. The van der Waals surface area contributed by atoms with Crippen molar-refractivity contribution < 1.29 is 14.4 Å². The molecule has 2 atom stereocenters. The van der Waals surface area contributed by atoms with Crippen molar-refractivity contribution in [2.75, 3.05) is 18.6 Å². The minimum absolute atomic E-state index is 0.135. The summed E-state index contributed by atoms with van der Waals surface area (Å²) >= 11 is 6.11. The predicted molar refractivity (Wildman–Crippen MR) is 83.7 cm³/mol. The van der Waals surface area contributed by atoms with Crippen LogP contribution < -0.4 is 5.01 Å². The van der Waals surface area contributed by atoms with Gasteiger partial charge in [-0.2, -0.15) is 0 Å². The Morgan fingerprint density at radius 3 is 2.57 bits per heavy atom. The summed E-state index contributed by atoms with van der Waals surface area (Å²) in [4.78, 5) is 39.1. The summed E-state index contributed by atoms with van der Waals surface area (Å²) in [5.41, 5.74) is 0.869. The third-order valence-electron chi connectivity index (χ3n) is 4.95. The molecule has 0 bridgehead atoms. The van der Waals surface area contributed by atoms with E-state index in [1.54, 1.807) is 12.1 Å². The number of likely N-dealkylation sites (N-methyl/N-ethyl adjacent to an activating group) is 1. The molecule has 7 heteroatoms. The van der Waals surface area contributed by atoms with Crippen LogP contribution in [0.1, 0.15) is 25.3 Å². The molecule has 3 heterocycles. The van der Waals surface area contributed by atoms with Gasteiger partial charge in [0.15, 0.2) is 0 Å². The monoisotopic (exact) mass is 333 g/mol. The van der Waals surface area contributed by atoms with Crippen LogP contribution in [0, 0.1) is 5.41 Å². The van der Waals surface area contributed by atoms with Crippen LogP contribution in [0.15, 0.2) is 18.2 Å². The summed E-state index contributed by atoms with van der Waals surface area (Å²) in [6.07, 6.45) is 0. The topological polar surface area (TPSA) is 60.9 Å². The van der Waals surface area contributed by atoms with E-state index in [1.165, 1.54) is 12.1 Å². The van der Waals surface area contributed by atoms with E-state index < -0.39 is 17.4 Å². The summed E-state index contributed by atoms with van der Waals surface area (Å²) in [5, 5.41) is 3.81. The van der Waals surface area contributed by atoms with E-state index in [4.69, 9.17) is 11.6 Å². The van der Waals surface area contributed by atoms with Crippen LogP contribution in [0.2, 0.25) is 5.02 Å². The molecule has 23 heavy (non-hydrogen) atoms. The van der Waals surface area contributed by atoms with E-state index >= 15 is 0 Å². The summed E-state index contributed by atoms with van der Waals surface area (Å²) in [6, 6.07) is 4.46. The van der Waals surface area contributed by atoms with Gasteiger partial charge < -0.3 is 0 Å². The number of rotatable bonds is 0. The van der Waals surface area contributed by atoms with Gasteiger partial charge in [0.25, 0.3) is 5.91 Å². The molecule has 0 spiro atoms. The van der Waals surface area contributed by atoms with Crippen LogP contribution in [-0.4, -0.2) is 47.3 Å². The number of anilines is 1. The SMILES string of the molecule is CN1C(=O)C2c3cc(Cl)ccc3N3CC(C)(C)C(=O)N3C2C1=O. The maximum absolute atomic E-state index is 12.8. The summed E-state index contributed by atoms with van der Waals surface area (Å²) in [7, 11) is 1.46. The third-order valence-corrected chi connectivity index (χ3v) is 5.19. The standard InChI is InChI=1S/C16H16ClN3O3/c1-16(2)7-19-10-5-4-8(17)6-9(10)11-12(20(19)15(16)23)14(22)18(3)13(11)21/h4-6,11-12H,7H2,1-3H3. The van der Waals surface area contributed by atoms with Gasteiger partial charge in [0, 0.05) is 12.1 Å². The molecule has 3 amide bonds. The van der Waals surface area contributed by atoms with Gasteiger partial charge in [-0.1, -0.05) is 11.6 Å². The van der Waals surface area contributed by atoms with Crippen molar-refractivity contribution in [3.63, 3.8) is 0 Å². The van der Waals surface area contributed by atoms with Crippen molar-refractivity contribution in [3.05, 3.63) is 28.8 Å². The summed E-state index contributed by atoms with van der Waals surface area (Å²) in [5.74, 6) is -1.46. The van der Waals surface area contributed by atoms with Crippen molar-refractivity contribution in [2.45, 2.75) is 25.8 Å². The number of carbonyl (C=O) groups excluding carboxylic acids is 3. The Morgan fingerprint density at radius 1 is 1.17 bits per heavy atom. The second-order valence-corrected chi connectivity index (χ2v) is 7.39. The first kappa shape index (κ1) is 14.5. The highest BCUT2D eigenvalue weighted by atomic mass is 35.5. The zero-order valence-corrected chi connectivity index (χ0v) is 13.8. The normalized spacial score (nSPS) is 28.2. The average Bonchev–Trinajstić information content (AvgIpc) is 2.86. The number of halogens is 1. The number of hydrogen-bond donors (Lipinski definition) is 0. The minimum Gasteiger partial charge on any atom is -0.283 e. The molecular formula is C16H16ClN3O3. The van der Waals surface area contributed by atoms with Crippen LogP contribution in [0.3, 0.4) is 0 Å². The fourth-order valence-corrected chi connectivity index (χ4v) is 3.95. The lowest BCUT2D eigenvalue weighted by atomic mass is 9.89. The summed E-state index contributed by atoms with van der Waals surface area (Å²) in [6.45, 7) is 4.17. The minimum atomic E-state index is -0.812. The third kappa shape index (κ3) is 1.67. The van der Waals surface area contributed by atoms with E-state index in [0.717, 1.165) is 10.6 Å². The number of benzene rings is 1. The highest BCUT2D eigenvalue weighted by molar-refractivity contribution is 6.30.